The van der Waals surface area contributed by atoms with Crippen molar-refractivity contribution in [1.29, 1.82) is 0 Å². The number of carbonyl (C=O) groups is 1. The molecule has 0 fully saturated rings. The molecule has 1 heterocycles. The van der Waals surface area contributed by atoms with E-state index in [9.17, 15) is 20.0 Å². The number of aryl methyl sites for hydroxylation is 1. The van der Waals surface area contributed by atoms with E-state index in [0.717, 1.165) is 5.56 Å². The van der Waals surface area contributed by atoms with E-state index < -0.39 is 11.0 Å². The first kappa shape index (κ1) is 21.3. The standard InChI is InChI=1S/C21H23N3O6/c1-4-20(26)22-23-21(14-5-6-17(24(27)28)12(2)7-14)16-10-19-18(29-11-30-19)9-15(16)8-13(3)25/h5-7,9-10,13,25H,4,8,11H2,1-3H3,(H,22,26)/t13-/m1/s1. The normalized spacial score (nSPS) is 13.8. The minimum atomic E-state index is -0.630. The Balaban J connectivity index is 2.17. The van der Waals surface area contributed by atoms with Gasteiger partial charge in [-0.3, -0.25) is 14.9 Å². The Morgan fingerprint density at radius 2 is 2.00 bits per heavy atom. The first-order valence-corrected chi connectivity index (χ1v) is 9.53. The van der Waals surface area contributed by atoms with Crippen molar-refractivity contribution in [2.45, 2.75) is 39.7 Å². The molecule has 3 rings (SSSR count). The number of hydrogen-bond donors (Lipinski definition) is 2. The quantitative estimate of drug-likeness (QED) is 0.409. The lowest BCUT2D eigenvalue weighted by molar-refractivity contribution is -0.385. The molecule has 2 N–H and O–H groups in total. The summed E-state index contributed by atoms with van der Waals surface area (Å²) in [7, 11) is 0. The number of nitro groups is 1. The van der Waals surface area contributed by atoms with Crippen molar-refractivity contribution in [2.24, 2.45) is 5.10 Å². The summed E-state index contributed by atoms with van der Waals surface area (Å²) in [6, 6.07) is 8.15. The largest absolute Gasteiger partial charge is 0.454 e. The van der Waals surface area contributed by atoms with Crippen LogP contribution in [0.15, 0.2) is 35.4 Å². The molecule has 2 aromatic carbocycles. The molecule has 30 heavy (non-hydrogen) atoms. The molecule has 9 heteroatoms. The zero-order valence-electron chi connectivity index (χ0n) is 17.0. The summed E-state index contributed by atoms with van der Waals surface area (Å²) in [6.45, 7) is 5.10. The minimum absolute atomic E-state index is 0.00872. The van der Waals surface area contributed by atoms with Gasteiger partial charge in [0.25, 0.3) is 5.69 Å². The molecular formula is C21H23N3O6. The molecule has 0 spiro atoms. The van der Waals surface area contributed by atoms with Crippen molar-refractivity contribution in [1.82, 2.24) is 5.43 Å². The van der Waals surface area contributed by atoms with Gasteiger partial charge in [0.1, 0.15) is 0 Å². The van der Waals surface area contributed by atoms with Crippen LogP contribution in [0.5, 0.6) is 11.5 Å². The van der Waals surface area contributed by atoms with E-state index in [0.29, 0.717) is 40.3 Å². The fourth-order valence-corrected chi connectivity index (χ4v) is 3.18. The van der Waals surface area contributed by atoms with Crippen LogP contribution < -0.4 is 14.9 Å². The second-order valence-electron chi connectivity index (χ2n) is 7.02. The first-order chi connectivity index (χ1) is 14.3. The number of benzene rings is 2. The van der Waals surface area contributed by atoms with Crippen molar-refractivity contribution in [2.75, 3.05) is 6.79 Å². The van der Waals surface area contributed by atoms with Crippen LogP contribution in [0.3, 0.4) is 0 Å². The third-order valence-corrected chi connectivity index (χ3v) is 4.65. The SMILES string of the molecule is CCC(=O)NN=C(c1ccc([N+](=O)[O-])c(C)c1)c1cc2c(cc1C[C@@H](C)O)OCO2. The van der Waals surface area contributed by atoms with Crippen LogP contribution in [0.4, 0.5) is 5.69 Å². The molecule has 0 saturated heterocycles. The minimum Gasteiger partial charge on any atom is -0.454 e. The summed E-state index contributed by atoms with van der Waals surface area (Å²) in [5.41, 5.74) is 5.33. The monoisotopic (exact) mass is 413 g/mol. The molecule has 0 saturated carbocycles. The molecule has 2 aromatic rings. The smallest absolute Gasteiger partial charge is 0.272 e. The van der Waals surface area contributed by atoms with E-state index in [1.807, 2.05) is 0 Å². The molecule has 0 aromatic heterocycles. The maximum atomic E-state index is 11.8. The van der Waals surface area contributed by atoms with E-state index in [4.69, 9.17) is 9.47 Å². The molecule has 0 radical (unpaired) electrons. The van der Waals surface area contributed by atoms with E-state index in [2.05, 4.69) is 10.5 Å². The van der Waals surface area contributed by atoms with Gasteiger partial charge in [0.05, 0.1) is 16.7 Å². The van der Waals surface area contributed by atoms with Gasteiger partial charge >= 0.3 is 0 Å². The van der Waals surface area contributed by atoms with Crippen LogP contribution in [-0.4, -0.2) is 34.5 Å². The number of ether oxygens (including phenoxy) is 2. The fraction of sp³-hybridized carbons (Fsp3) is 0.333. The summed E-state index contributed by atoms with van der Waals surface area (Å²) in [5, 5.41) is 25.5. The summed E-state index contributed by atoms with van der Waals surface area (Å²) < 4.78 is 10.9. The first-order valence-electron chi connectivity index (χ1n) is 9.53. The number of amides is 1. The molecule has 158 valence electrons. The zero-order chi connectivity index (χ0) is 21.8. The number of nitrogens with one attached hydrogen (secondary N) is 1. The number of hydrazone groups is 1. The molecule has 9 nitrogen and oxygen atoms in total. The molecule has 1 atom stereocenters. The van der Waals surface area contributed by atoms with E-state index in [-0.39, 0.29) is 24.8 Å². The lowest BCUT2D eigenvalue weighted by Gasteiger charge is -2.15. The highest BCUT2D eigenvalue weighted by Crippen LogP contribution is 2.36. The van der Waals surface area contributed by atoms with Crippen LogP contribution in [0.25, 0.3) is 0 Å². The third-order valence-electron chi connectivity index (χ3n) is 4.65. The fourth-order valence-electron chi connectivity index (χ4n) is 3.18. The maximum Gasteiger partial charge on any atom is 0.272 e. The topological polar surface area (TPSA) is 123 Å². The Hall–Kier alpha value is -3.46. The van der Waals surface area contributed by atoms with Gasteiger partial charge < -0.3 is 14.6 Å². The summed E-state index contributed by atoms with van der Waals surface area (Å²) in [4.78, 5) is 22.6. The highest BCUT2D eigenvalue weighted by molar-refractivity contribution is 6.14. The molecule has 1 aliphatic rings. The number of aliphatic hydroxyl groups is 1. The van der Waals surface area contributed by atoms with Crippen LogP contribution in [0.1, 0.15) is 42.5 Å². The van der Waals surface area contributed by atoms with Crippen molar-refractivity contribution in [3.8, 4) is 11.5 Å². The van der Waals surface area contributed by atoms with Crippen LogP contribution in [-0.2, 0) is 11.2 Å². The van der Waals surface area contributed by atoms with Gasteiger partial charge in [-0.1, -0.05) is 6.92 Å². The highest BCUT2D eigenvalue weighted by atomic mass is 16.7. The molecule has 0 unspecified atom stereocenters. The molecular weight excluding hydrogens is 390 g/mol. The molecule has 0 bridgehead atoms. The van der Waals surface area contributed by atoms with E-state index in [1.165, 1.54) is 6.07 Å². The van der Waals surface area contributed by atoms with Gasteiger partial charge in [-0.25, -0.2) is 5.43 Å². The third kappa shape index (κ3) is 4.57. The predicted molar refractivity (Wildman–Crippen MR) is 110 cm³/mol. The molecule has 1 aliphatic heterocycles. The number of nitro benzene ring substituents is 1. The summed E-state index contributed by atoms with van der Waals surface area (Å²) in [6.07, 6.45) is -0.0645. The number of fused-ring (bicyclic) bond motifs is 1. The Morgan fingerprint density at radius 3 is 2.60 bits per heavy atom. The summed E-state index contributed by atoms with van der Waals surface area (Å²) in [5.74, 6) is 0.808. The average molecular weight is 413 g/mol. The molecule has 1 amide bonds. The van der Waals surface area contributed by atoms with Gasteiger partial charge in [0.2, 0.25) is 12.7 Å². The Labute approximate surface area is 173 Å². The summed E-state index contributed by atoms with van der Waals surface area (Å²) >= 11 is 0. The maximum absolute atomic E-state index is 11.8. The average Bonchev–Trinajstić information content (AvgIpc) is 3.14. The predicted octanol–water partition coefficient (Wildman–Crippen LogP) is 2.83. The van der Waals surface area contributed by atoms with Crippen molar-refractivity contribution in [3.05, 3.63) is 62.7 Å². The van der Waals surface area contributed by atoms with Crippen LogP contribution >= 0.6 is 0 Å². The van der Waals surface area contributed by atoms with Crippen molar-refractivity contribution >= 4 is 17.3 Å². The Kier molecular flexibility index (Phi) is 6.31. The second-order valence-corrected chi connectivity index (χ2v) is 7.02. The lowest BCUT2D eigenvalue weighted by atomic mass is 9.93. The Morgan fingerprint density at radius 1 is 1.30 bits per heavy atom. The lowest BCUT2D eigenvalue weighted by Crippen LogP contribution is -2.20. The number of hydrogen-bond acceptors (Lipinski definition) is 7. The molecule has 0 aliphatic carbocycles. The van der Waals surface area contributed by atoms with Gasteiger partial charge in [-0.05, 0) is 50.1 Å². The van der Waals surface area contributed by atoms with Gasteiger partial charge in [-0.2, -0.15) is 5.10 Å². The number of carbonyl (C=O) groups excluding carboxylic acids is 1. The van der Waals surface area contributed by atoms with Gasteiger partial charge in [0, 0.05) is 29.2 Å². The second kappa shape index (κ2) is 8.91. The number of aliphatic hydroxyl groups excluding tert-OH is 1. The Bertz CT molecular complexity index is 1020. The van der Waals surface area contributed by atoms with Crippen molar-refractivity contribution < 1.29 is 24.3 Å². The van der Waals surface area contributed by atoms with Gasteiger partial charge in [0.15, 0.2) is 11.5 Å². The van der Waals surface area contributed by atoms with E-state index in [1.54, 1.807) is 45.0 Å². The highest BCUT2D eigenvalue weighted by Gasteiger charge is 2.23. The van der Waals surface area contributed by atoms with Gasteiger partial charge in [-0.15, -0.1) is 0 Å². The van der Waals surface area contributed by atoms with Crippen molar-refractivity contribution in [3.63, 3.8) is 0 Å². The van der Waals surface area contributed by atoms with Crippen LogP contribution in [0.2, 0.25) is 0 Å². The van der Waals surface area contributed by atoms with E-state index >= 15 is 0 Å². The number of nitrogens with zero attached hydrogens (tertiary/aromatic N) is 2. The zero-order valence-corrected chi connectivity index (χ0v) is 17.0. The van der Waals surface area contributed by atoms with Crippen LogP contribution in [0, 0.1) is 17.0 Å². The number of rotatable bonds is 7.